The summed E-state index contributed by atoms with van der Waals surface area (Å²) in [6.45, 7) is 4.32. The maximum absolute atomic E-state index is 3.29. The number of rotatable bonds is 2. The predicted molar refractivity (Wildman–Crippen MR) is 70.2 cm³/mol. The Balaban J connectivity index is -0.000000245. The van der Waals surface area contributed by atoms with Crippen molar-refractivity contribution >= 4 is 9.52 Å². The van der Waals surface area contributed by atoms with Crippen molar-refractivity contribution in [2.75, 3.05) is 0 Å². The maximum atomic E-state index is 3.29. The van der Waals surface area contributed by atoms with Gasteiger partial charge in [-0.3, -0.25) is 12.2 Å². The summed E-state index contributed by atoms with van der Waals surface area (Å²) in [4.78, 5) is 0. The Hall–Kier alpha value is 0.211. The summed E-state index contributed by atoms with van der Waals surface area (Å²) in [5, 5.41) is 0. The van der Waals surface area contributed by atoms with Gasteiger partial charge in [-0.25, -0.2) is 24.3 Å². The topological polar surface area (TPSA) is 0 Å². The summed E-state index contributed by atoms with van der Waals surface area (Å²) in [6.07, 6.45) is 19.7. The van der Waals surface area contributed by atoms with Crippen LogP contribution in [0.15, 0.2) is 47.7 Å². The van der Waals surface area contributed by atoms with E-state index in [0.29, 0.717) is 5.54 Å². The second kappa shape index (κ2) is 15.3. The number of halogens is 2. The van der Waals surface area contributed by atoms with Gasteiger partial charge in [-0.15, -0.1) is 17.7 Å². The van der Waals surface area contributed by atoms with Crippen LogP contribution in [0, 0.1) is 12.2 Å². The summed E-state index contributed by atoms with van der Waals surface area (Å²) in [5.74, 6) is 0. The van der Waals surface area contributed by atoms with Gasteiger partial charge in [0.05, 0.1) is 0 Å². The molecule has 0 saturated heterocycles. The van der Waals surface area contributed by atoms with Gasteiger partial charge in [-0.1, -0.05) is 5.57 Å². The number of allylic oxidation sites excluding steroid dienone is 9. The van der Waals surface area contributed by atoms with E-state index in [2.05, 4.69) is 49.9 Å². The third-order valence-electron chi connectivity index (χ3n) is 2.12. The summed E-state index contributed by atoms with van der Waals surface area (Å²) in [6, 6.07) is 0. The van der Waals surface area contributed by atoms with E-state index < -0.39 is 0 Å². The minimum atomic E-state index is -0.0509. The third-order valence-corrected chi connectivity index (χ3v) is 4.18. The first-order chi connectivity index (χ1) is 7.29. The number of hydrogen-bond acceptors (Lipinski definition) is 0. The van der Waals surface area contributed by atoms with E-state index in [4.69, 9.17) is 0 Å². The van der Waals surface area contributed by atoms with Crippen LogP contribution in [-0.4, -0.2) is 9.52 Å². The van der Waals surface area contributed by atoms with Crippen molar-refractivity contribution in [2.24, 2.45) is 0 Å². The van der Waals surface area contributed by atoms with Crippen LogP contribution < -0.4 is 24.8 Å². The molecule has 0 N–H and O–H groups in total. The molecule has 4 heteroatoms. The Bertz CT molecular complexity index is 305. The van der Waals surface area contributed by atoms with Crippen LogP contribution in [-0.2, 0) is 21.7 Å². The van der Waals surface area contributed by atoms with E-state index in [1.165, 1.54) is 5.57 Å². The van der Waals surface area contributed by atoms with Gasteiger partial charge in [-0.2, -0.15) is 12.2 Å². The summed E-state index contributed by atoms with van der Waals surface area (Å²) >= 11 is 0. The van der Waals surface area contributed by atoms with Gasteiger partial charge < -0.3 is 24.8 Å². The van der Waals surface area contributed by atoms with Gasteiger partial charge in [0, 0.05) is 9.52 Å². The van der Waals surface area contributed by atoms with Crippen LogP contribution in [0.25, 0.3) is 0 Å². The first-order valence-electron chi connectivity index (χ1n) is 5.40. The minimum Gasteiger partial charge on any atom is -1.00 e. The molecule has 0 amide bonds. The monoisotopic (exact) mass is 332 g/mol. The zero-order valence-electron chi connectivity index (χ0n) is 10.8. The SMILES string of the molecule is CC(C)=C[SiH2]C1[C-]=CC=C1.[C-]1=CC=CC1.[Cl-].[Cl-].[Ti+4]. The van der Waals surface area contributed by atoms with Crippen molar-refractivity contribution in [3.8, 4) is 0 Å². The van der Waals surface area contributed by atoms with Crippen molar-refractivity contribution in [3.63, 3.8) is 0 Å². The molecule has 0 bridgehead atoms. The summed E-state index contributed by atoms with van der Waals surface area (Å²) in [5.41, 5.74) is 4.52. The van der Waals surface area contributed by atoms with Gasteiger partial charge in [0.2, 0.25) is 0 Å². The first kappa shape index (κ1) is 23.3. The van der Waals surface area contributed by atoms with Gasteiger partial charge in [-0.05, 0) is 13.8 Å². The molecule has 0 fully saturated rings. The fourth-order valence-electron chi connectivity index (χ4n) is 1.27. The quantitative estimate of drug-likeness (QED) is 0.376. The van der Waals surface area contributed by atoms with E-state index in [-0.39, 0.29) is 56.1 Å². The molecule has 0 radical (unpaired) electrons. The smallest absolute Gasteiger partial charge is 1.00 e. The molecule has 0 aromatic rings. The molecule has 1 unspecified atom stereocenters. The molecule has 0 heterocycles. The summed E-state index contributed by atoms with van der Waals surface area (Å²) in [7, 11) is -0.0509. The van der Waals surface area contributed by atoms with Crippen LogP contribution in [0.3, 0.4) is 0 Å². The largest absolute Gasteiger partial charge is 4.00 e. The molecule has 2 aliphatic rings. The average molecular weight is 333 g/mol. The maximum Gasteiger partial charge on any atom is 4.00 e. The van der Waals surface area contributed by atoms with Crippen molar-refractivity contribution in [2.45, 2.75) is 25.8 Å². The van der Waals surface area contributed by atoms with Crippen LogP contribution in [0.2, 0.25) is 5.54 Å². The van der Waals surface area contributed by atoms with Gasteiger partial charge in [0.25, 0.3) is 0 Å². The zero-order chi connectivity index (χ0) is 10.9. The van der Waals surface area contributed by atoms with Gasteiger partial charge >= 0.3 is 21.7 Å². The number of hydrogen-bond donors (Lipinski definition) is 0. The molecule has 96 valence electrons. The van der Waals surface area contributed by atoms with Gasteiger partial charge in [0.15, 0.2) is 0 Å². The van der Waals surface area contributed by atoms with Crippen LogP contribution in [0.5, 0.6) is 0 Å². The van der Waals surface area contributed by atoms with Crippen molar-refractivity contribution in [1.82, 2.24) is 0 Å². The van der Waals surface area contributed by atoms with Crippen LogP contribution >= 0.6 is 0 Å². The van der Waals surface area contributed by atoms with E-state index in [0.717, 1.165) is 6.42 Å². The van der Waals surface area contributed by atoms with Crippen molar-refractivity contribution in [1.29, 1.82) is 0 Å². The second-order valence-electron chi connectivity index (χ2n) is 3.84. The molecule has 0 aliphatic heterocycles. The summed E-state index contributed by atoms with van der Waals surface area (Å²) < 4.78 is 0. The Morgan fingerprint density at radius 2 is 1.94 bits per heavy atom. The second-order valence-corrected chi connectivity index (χ2v) is 5.60. The molecule has 0 aromatic heterocycles. The molecular weight excluding hydrogens is 315 g/mol. The fourth-order valence-corrected chi connectivity index (χ4v) is 2.59. The molecular formula is C14H18Cl2SiTi. The van der Waals surface area contributed by atoms with Crippen LogP contribution in [0.1, 0.15) is 20.3 Å². The molecule has 0 spiro atoms. The zero-order valence-corrected chi connectivity index (χ0v) is 15.3. The van der Waals surface area contributed by atoms with E-state index >= 15 is 0 Å². The van der Waals surface area contributed by atoms with Gasteiger partial charge in [0.1, 0.15) is 0 Å². The first-order valence-corrected chi connectivity index (χ1v) is 7.03. The molecule has 0 saturated carbocycles. The molecule has 2 rings (SSSR count). The average Bonchev–Trinajstić information content (AvgIpc) is 2.91. The fraction of sp³-hybridized carbons (Fsp3) is 0.286. The predicted octanol–water partition coefficient (Wildman–Crippen LogP) is -2.89. The molecule has 1 atom stereocenters. The van der Waals surface area contributed by atoms with E-state index in [9.17, 15) is 0 Å². The van der Waals surface area contributed by atoms with Crippen LogP contribution in [0.4, 0.5) is 0 Å². The van der Waals surface area contributed by atoms with E-state index in [1.807, 2.05) is 18.2 Å². The Kier molecular flexibility index (Phi) is 19.8. The molecule has 2 aliphatic carbocycles. The third kappa shape index (κ3) is 12.7. The Labute approximate surface area is 141 Å². The Morgan fingerprint density at radius 1 is 1.22 bits per heavy atom. The van der Waals surface area contributed by atoms with Crippen molar-refractivity contribution < 1.29 is 46.5 Å². The minimum absolute atomic E-state index is 0. The molecule has 0 nitrogen and oxygen atoms in total. The Morgan fingerprint density at radius 3 is 2.28 bits per heavy atom. The standard InChI is InChI=1S/C9H13Si.C5H5.2ClH.Ti/c1-8(2)7-10-9-5-3-4-6-9;1-2-4-5-3-1;;;/h3-5,7,9H,10H2,1-2H3;1-3H,4H2;2*1H;/q2*-1;;;+4/p-2. The molecule has 18 heavy (non-hydrogen) atoms. The van der Waals surface area contributed by atoms with Crippen molar-refractivity contribution in [3.05, 3.63) is 59.9 Å². The van der Waals surface area contributed by atoms with E-state index in [1.54, 1.807) is 0 Å². The molecule has 0 aromatic carbocycles. The normalized spacial score (nSPS) is 17.6.